The number of amides is 1. The number of nitrogens with one attached hydrogen (secondary N) is 1. The third-order valence-electron chi connectivity index (χ3n) is 5.91. The first-order valence-corrected chi connectivity index (χ1v) is 10.9. The molecule has 0 spiro atoms. The number of fused-ring (bicyclic) bond motifs is 1. The van der Waals surface area contributed by atoms with Gasteiger partial charge >= 0.3 is 5.97 Å². The molecule has 5 heteroatoms. The van der Waals surface area contributed by atoms with Crippen LogP contribution in [0, 0.1) is 5.92 Å². The van der Waals surface area contributed by atoms with Crippen molar-refractivity contribution in [3.05, 3.63) is 77.9 Å². The molecule has 160 valence electrons. The molecule has 0 atom stereocenters. The van der Waals surface area contributed by atoms with Crippen molar-refractivity contribution in [1.29, 1.82) is 0 Å². The van der Waals surface area contributed by atoms with E-state index in [2.05, 4.69) is 52.7 Å². The lowest BCUT2D eigenvalue weighted by Crippen LogP contribution is -2.38. The molecule has 1 aliphatic heterocycles. The average molecular weight is 417 g/mol. The third kappa shape index (κ3) is 4.94. The number of esters is 1. The van der Waals surface area contributed by atoms with E-state index >= 15 is 0 Å². The first-order valence-electron chi connectivity index (χ1n) is 10.9. The molecule has 1 heterocycles. The molecule has 31 heavy (non-hydrogen) atoms. The molecule has 0 aromatic heterocycles. The summed E-state index contributed by atoms with van der Waals surface area (Å²) in [6.07, 6.45) is 1.61. The molecule has 1 saturated heterocycles. The fraction of sp³-hybridized carbons (Fsp3) is 0.308. The number of hydrogen-bond donors (Lipinski definition) is 1. The fourth-order valence-electron chi connectivity index (χ4n) is 4.24. The number of rotatable bonds is 6. The van der Waals surface area contributed by atoms with Gasteiger partial charge in [0.25, 0.3) is 0 Å². The van der Waals surface area contributed by atoms with Crippen LogP contribution in [0.25, 0.3) is 10.8 Å². The van der Waals surface area contributed by atoms with Gasteiger partial charge in [0.2, 0.25) is 5.91 Å². The van der Waals surface area contributed by atoms with Crippen molar-refractivity contribution in [3.63, 3.8) is 0 Å². The van der Waals surface area contributed by atoms with Gasteiger partial charge in [-0.1, -0.05) is 54.6 Å². The van der Waals surface area contributed by atoms with Crippen molar-refractivity contribution in [2.75, 3.05) is 25.0 Å². The zero-order valence-corrected chi connectivity index (χ0v) is 17.8. The van der Waals surface area contributed by atoms with Gasteiger partial charge in [-0.3, -0.25) is 9.69 Å². The number of hydrogen-bond acceptors (Lipinski definition) is 4. The van der Waals surface area contributed by atoms with Gasteiger partial charge in [0.1, 0.15) is 0 Å². The predicted molar refractivity (Wildman–Crippen MR) is 123 cm³/mol. The van der Waals surface area contributed by atoms with Crippen LogP contribution < -0.4 is 5.32 Å². The number of likely N-dealkylation sites (tertiary alicyclic amines) is 1. The number of anilines is 1. The molecule has 4 rings (SSSR count). The van der Waals surface area contributed by atoms with Gasteiger partial charge in [-0.15, -0.1) is 0 Å². The number of nitrogens with zero attached hydrogens (tertiary/aromatic N) is 1. The average Bonchev–Trinajstić information content (AvgIpc) is 2.80. The topological polar surface area (TPSA) is 58.6 Å². The summed E-state index contributed by atoms with van der Waals surface area (Å²) in [4.78, 5) is 27.4. The van der Waals surface area contributed by atoms with E-state index in [1.807, 2.05) is 6.07 Å². The van der Waals surface area contributed by atoms with E-state index in [0.29, 0.717) is 17.9 Å². The van der Waals surface area contributed by atoms with Crippen LogP contribution in [-0.4, -0.2) is 36.5 Å². The summed E-state index contributed by atoms with van der Waals surface area (Å²) < 4.78 is 5.10. The van der Waals surface area contributed by atoms with Crippen molar-refractivity contribution < 1.29 is 14.3 Å². The van der Waals surface area contributed by atoms with Gasteiger partial charge in [0.15, 0.2) is 0 Å². The Morgan fingerprint density at radius 3 is 2.48 bits per heavy atom. The lowest BCUT2D eigenvalue weighted by atomic mass is 9.94. The molecular formula is C26H28N2O3. The Bertz CT molecular complexity index is 1070. The van der Waals surface area contributed by atoms with Crippen molar-refractivity contribution in [2.45, 2.75) is 26.3 Å². The Morgan fingerprint density at radius 1 is 0.968 bits per heavy atom. The van der Waals surface area contributed by atoms with Crippen LogP contribution in [-0.2, 0) is 16.1 Å². The van der Waals surface area contributed by atoms with Crippen LogP contribution in [0.3, 0.4) is 0 Å². The molecule has 1 amide bonds. The molecule has 5 nitrogen and oxygen atoms in total. The lowest BCUT2D eigenvalue weighted by Gasteiger charge is -2.31. The van der Waals surface area contributed by atoms with E-state index < -0.39 is 5.97 Å². The highest BCUT2D eigenvalue weighted by Crippen LogP contribution is 2.25. The predicted octanol–water partition coefficient (Wildman–Crippen LogP) is 4.87. The minimum absolute atomic E-state index is 0.0263. The summed E-state index contributed by atoms with van der Waals surface area (Å²) in [5, 5.41) is 5.50. The van der Waals surface area contributed by atoms with E-state index in [1.165, 1.54) is 16.3 Å². The minimum Gasteiger partial charge on any atom is -0.462 e. The van der Waals surface area contributed by atoms with Gasteiger partial charge in [0.05, 0.1) is 17.9 Å². The maximum atomic E-state index is 12.9. The van der Waals surface area contributed by atoms with E-state index in [4.69, 9.17) is 4.74 Å². The minimum atomic E-state index is -0.414. The molecule has 1 fully saturated rings. The largest absolute Gasteiger partial charge is 0.462 e. The first kappa shape index (κ1) is 21.1. The summed E-state index contributed by atoms with van der Waals surface area (Å²) >= 11 is 0. The molecule has 1 aliphatic rings. The number of ether oxygens (including phenoxy) is 1. The second-order valence-electron chi connectivity index (χ2n) is 7.94. The van der Waals surface area contributed by atoms with Crippen molar-refractivity contribution in [2.24, 2.45) is 5.92 Å². The fourth-order valence-corrected chi connectivity index (χ4v) is 4.24. The van der Waals surface area contributed by atoms with Crippen molar-refractivity contribution in [3.8, 4) is 0 Å². The number of para-hydroxylation sites is 1. The molecule has 0 saturated carbocycles. The lowest BCUT2D eigenvalue weighted by molar-refractivity contribution is -0.121. The number of carbonyl (C=O) groups is 2. The Hall–Kier alpha value is -3.18. The zero-order valence-electron chi connectivity index (χ0n) is 17.8. The molecule has 0 bridgehead atoms. The summed E-state index contributed by atoms with van der Waals surface area (Å²) in [6.45, 7) is 4.71. The van der Waals surface area contributed by atoms with Gasteiger partial charge in [-0.25, -0.2) is 4.79 Å². The summed E-state index contributed by atoms with van der Waals surface area (Å²) in [5.74, 6) is -0.496. The highest BCUT2D eigenvalue weighted by Gasteiger charge is 2.26. The summed E-state index contributed by atoms with van der Waals surface area (Å²) in [7, 11) is 0. The molecule has 1 N–H and O–H groups in total. The van der Waals surface area contributed by atoms with Gasteiger partial charge < -0.3 is 10.1 Å². The molecular weight excluding hydrogens is 388 g/mol. The highest BCUT2D eigenvalue weighted by molar-refractivity contribution is 6.01. The van der Waals surface area contributed by atoms with E-state index in [9.17, 15) is 9.59 Å². The highest BCUT2D eigenvalue weighted by atomic mass is 16.5. The van der Waals surface area contributed by atoms with Crippen LogP contribution in [0.5, 0.6) is 0 Å². The second-order valence-corrected chi connectivity index (χ2v) is 7.94. The molecule has 0 aliphatic carbocycles. The third-order valence-corrected chi connectivity index (χ3v) is 5.91. The van der Waals surface area contributed by atoms with Crippen LogP contribution in [0.2, 0.25) is 0 Å². The van der Waals surface area contributed by atoms with Gasteiger partial charge in [-0.2, -0.15) is 0 Å². The maximum absolute atomic E-state index is 12.9. The quantitative estimate of drug-likeness (QED) is 0.583. The summed E-state index contributed by atoms with van der Waals surface area (Å²) in [6, 6.07) is 21.9. The van der Waals surface area contributed by atoms with Crippen LogP contribution in [0.1, 0.15) is 35.7 Å². The van der Waals surface area contributed by atoms with Gasteiger partial charge in [-0.05, 0) is 61.3 Å². The number of piperidine rings is 1. The zero-order chi connectivity index (χ0) is 21.6. The molecule has 3 aromatic rings. The van der Waals surface area contributed by atoms with Crippen LogP contribution in [0.4, 0.5) is 5.69 Å². The Morgan fingerprint density at radius 2 is 1.68 bits per heavy atom. The van der Waals surface area contributed by atoms with Crippen molar-refractivity contribution >= 4 is 28.3 Å². The van der Waals surface area contributed by atoms with E-state index in [1.54, 1.807) is 25.1 Å². The number of carbonyl (C=O) groups excluding carboxylic acids is 2. The normalized spacial score (nSPS) is 15.0. The first-order chi connectivity index (χ1) is 15.2. The maximum Gasteiger partial charge on any atom is 0.340 e. The monoisotopic (exact) mass is 416 g/mol. The van der Waals surface area contributed by atoms with Crippen LogP contribution in [0.15, 0.2) is 66.7 Å². The van der Waals surface area contributed by atoms with Crippen LogP contribution >= 0.6 is 0 Å². The number of benzene rings is 3. The standard InChI is InChI=1S/C26H28N2O3/c1-2-31-26(30)23-12-5-6-13-24(23)27-25(29)20-14-16-28(17-15-20)18-21-10-7-9-19-8-3-4-11-22(19)21/h3-13,20H,2,14-18H2,1H3,(H,27,29). The molecule has 0 radical (unpaired) electrons. The Balaban J connectivity index is 1.36. The van der Waals surface area contributed by atoms with Gasteiger partial charge in [0, 0.05) is 12.5 Å². The summed E-state index contributed by atoms with van der Waals surface area (Å²) in [5.41, 5.74) is 2.24. The Kier molecular flexibility index (Phi) is 6.63. The Labute approximate surface area is 183 Å². The van der Waals surface area contributed by atoms with Crippen molar-refractivity contribution in [1.82, 2.24) is 4.90 Å². The van der Waals surface area contributed by atoms with E-state index in [0.717, 1.165) is 32.5 Å². The second kappa shape index (κ2) is 9.75. The molecule has 3 aromatic carbocycles. The van der Waals surface area contributed by atoms with E-state index in [-0.39, 0.29) is 11.8 Å². The smallest absolute Gasteiger partial charge is 0.340 e. The SMILES string of the molecule is CCOC(=O)c1ccccc1NC(=O)C1CCN(Cc2cccc3ccccc23)CC1. The molecule has 0 unspecified atom stereocenters.